The van der Waals surface area contributed by atoms with Gasteiger partial charge in [0.25, 0.3) is 0 Å². The molecule has 1 N–H and O–H groups in total. The summed E-state index contributed by atoms with van der Waals surface area (Å²) in [7, 11) is 0. The molecule has 0 aromatic heterocycles. The van der Waals surface area contributed by atoms with E-state index in [9.17, 15) is 4.79 Å². The highest BCUT2D eigenvalue weighted by Crippen LogP contribution is 2.17. The lowest BCUT2D eigenvalue weighted by atomic mass is 10.1. The third-order valence-electron chi connectivity index (χ3n) is 6.12. The molecule has 1 heterocycles. The van der Waals surface area contributed by atoms with Crippen molar-refractivity contribution >= 4 is 5.91 Å². The SMILES string of the molecule is CCCCCCCC/C=C\CCCCCCCCOC[C@H]1CCN(C(=O)CCO)C1. The Balaban J connectivity index is 1.78. The fraction of sp³-hybridized carbons (Fsp3) is 0.885. The molecular weight excluding hydrogens is 374 g/mol. The third kappa shape index (κ3) is 15.0. The molecule has 1 aliphatic rings. The largest absolute Gasteiger partial charge is 0.396 e. The first-order valence-electron chi connectivity index (χ1n) is 12.9. The highest BCUT2D eigenvalue weighted by molar-refractivity contribution is 5.76. The number of amides is 1. The van der Waals surface area contributed by atoms with E-state index in [-0.39, 0.29) is 18.9 Å². The average Bonchev–Trinajstić information content (AvgIpc) is 3.22. The van der Waals surface area contributed by atoms with Crippen molar-refractivity contribution in [2.24, 2.45) is 5.92 Å². The maximum atomic E-state index is 11.8. The van der Waals surface area contributed by atoms with Crippen molar-refractivity contribution in [3.8, 4) is 0 Å². The number of unbranched alkanes of at least 4 members (excludes halogenated alkanes) is 12. The molecule has 0 unspecified atom stereocenters. The molecule has 1 aliphatic heterocycles. The molecule has 0 aromatic rings. The van der Waals surface area contributed by atoms with E-state index in [1.54, 1.807) is 0 Å². The van der Waals surface area contributed by atoms with Crippen LogP contribution in [-0.4, -0.2) is 48.8 Å². The van der Waals surface area contributed by atoms with Crippen LogP contribution in [0.3, 0.4) is 0 Å². The number of aliphatic hydroxyl groups is 1. The molecule has 4 nitrogen and oxygen atoms in total. The molecule has 0 aromatic carbocycles. The molecular formula is C26H49NO3. The monoisotopic (exact) mass is 423 g/mol. The number of rotatable bonds is 20. The second-order valence-electron chi connectivity index (χ2n) is 8.98. The zero-order valence-electron chi connectivity index (χ0n) is 19.8. The van der Waals surface area contributed by atoms with E-state index in [1.807, 2.05) is 4.90 Å². The molecule has 0 aliphatic carbocycles. The topological polar surface area (TPSA) is 49.8 Å². The Morgan fingerprint density at radius 1 is 0.933 bits per heavy atom. The Morgan fingerprint density at radius 2 is 1.53 bits per heavy atom. The lowest BCUT2D eigenvalue weighted by Gasteiger charge is -2.16. The molecule has 1 saturated heterocycles. The number of likely N-dealkylation sites (tertiary alicyclic amines) is 1. The zero-order chi connectivity index (χ0) is 21.7. The minimum absolute atomic E-state index is 0.0492. The van der Waals surface area contributed by atoms with Gasteiger partial charge in [0.05, 0.1) is 13.2 Å². The summed E-state index contributed by atoms with van der Waals surface area (Å²) in [6.45, 7) is 5.47. The third-order valence-corrected chi connectivity index (χ3v) is 6.12. The van der Waals surface area contributed by atoms with Gasteiger partial charge in [-0.3, -0.25) is 4.79 Å². The van der Waals surface area contributed by atoms with Crippen molar-refractivity contribution in [2.75, 3.05) is 32.9 Å². The summed E-state index contributed by atoms with van der Waals surface area (Å²) in [4.78, 5) is 13.6. The molecule has 1 rings (SSSR count). The highest BCUT2D eigenvalue weighted by atomic mass is 16.5. The standard InChI is InChI=1S/C26H49NO3/c1-2-3-4-5-6-7-8-9-10-11-12-13-14-15-16-17-22-30-24-25-18-20-27(23-25)26(29)19-21-28/h9-10,25,28H,2-8,11-24H2,1H3/b10-9-/t25-/m0/s1. The number of carbonyl (C=O) groups excluding carboxylic acids is 1. The van der Waals surface area contributed by atoms with Crippen molar-refractivity contribution in [3.63, 3.8) is 0 Å². The molecule has 1 amide bonds. The number of allylic oxidation sites excluding steroid dienone is 2. The molecule has 0 spiro atoms. The fourth-order valence-corrected chi connectivity index (χ4v) is 4.15. The van der Waals surface area contributed by atoms with Crippen molar-refractivity contribution in [3.05, 3.63) is 12.2 Å². The van der Waals surface area contributed by atoms with Crippen LogP contribution in [0.15, 0.2) is 12.2 Å². The van der Waals surface area contributed by atoms with Crippen LogP contribution in [0.5, 0.6) is 0 Å². The highest BCUT2D eigenvalue weighted by Gasteiger charge is 2.25. The molecule has 176 valence electrons. The normalized spacial score (nSPS) is 16.7. The summed E-state index contributed by atoms with van der Waals surface area (Å²) in [5, 5.41) is 8.86. The van der Waals surface area contributed by atoms with Crippen LogP contribution in [0.2, 0.25) is 0 Å². The summed E-state index contributed by atoms with van der Waals surface area (Å²) in [6.07, 6.45) is 24.7. The van der Waals surface area contributed by atoms with Crippen LogP contribution >= 0.6 is 0 Å². The number of carbonyl (C=O) groups is 1. The van der Waals surface area contributed by atoms with E-state index in [1.165, 1.54) is 83.5 Å². The minimum atomic E-state index is -0.0492. The molecule has 30 heavy (non-hydrogen) atoms. The maximum Gasteiger partial charge on any atom is 0.224 e. The van der Waals surface area contributed by atoms with Crippen LogP contribution in [-0.2, 0) is 9.53 Å². The van der Waals surface area contributed by atoms with Gasteiger partial charge < -0.3 is 14.7 Å². The number of hydrogen-bond acceptors (Lipinski definition) is 3. The van der Waals surface area contributed by atoms with E-state index in [0.29, 0.717) is 5.92 Å². The van der Waals surface area contributed by atoms with Gasteiger partial charge in [0.1, 0.15) is 0 Å². The zero-order valence-corrected chi connectivity index (χ0v) is 19.8. The number of ether oxygens (including phenoxy) is 1. The first-order chi connectivity index (χ1) is 14.8. The van der Waals surface area contributed by atoms with Crippen molar-refractivity contribution in [1.82, 2.24) is 4.90 Å². The van der Waals surface area contributed by atoms with Gasteiger partial charge in [0.15, 0.2) is 0 Å². The van der Waals surface area contributed by atoms with Gasteiger partial charge in [-0.1, -0.05) is 76.9 Å². The van der Waals surface area contributed by atoms with E-state index in [4.69, 9.17) is 9.84 Å². The van der Waals surface area contributed by atoms with Crippen molar-refractivity contribution in [2.45, 2.75) is 110 Å². The molecule has 1 atom stereocenters. The summed E-state index contributed by atoms with van der Waals surface area (Å²) in [5.74, 6) is 0.551. The van der Waals surface area contributed by atoms with Gasteiger partial charge in [0, 0.05) is 32.0 Å². The second-order valence-corrected chi connectivity index (χ2v) is 8.98. The van der Waals surface area contributed by atoms with E-state index in [0.717, 1.165) is 39.1 Å². The quantitative estimate of drug-likeness (QED) is 0.185. The summed E-state index contributed by atoms with van der Waals surface area (Å²) >= 11 is 0. The number of hydrogen-bond donors (Lipinski definition) is 1. The van der Waals surface area contributed by atoms with E-state index >= 15 is 0 Å². The Kier molecular flexibility index (Phi) is 18.2. The first kappa shape index (κ1) is 27.2. The number of nitrogens with zero attached hydrogens (tertiary/aromatic N) is 1. The van der Waals surface area contributed by atoms with Crippen LogP contribution in [0.25, 0.3) is 0 Å². The molecule has 0 radical (unpaired) electrons. The maximum absolute atomic E-state index is 11.8. The fourth-order valence-electron chi connectivity index (χ4n) is 4.15. The predicted octanol–water partition coefficient (Wildman–Crippen LogP) is 6.27. The van der Waals surface area contributed by atoms with Gasteiger partial charge >= 0.3 is 0 Å². The van der Waals surface area contributed by atoms with Gasteiger partial charge in [-0.2, -0.15) is 0 Å². The van der Waals surface area contributed by atoms with Crippen LogP contribution in [0.4, 0.5) is 0 Å². The first-order valence-corrected chi connectivity index (χ1v) is 12.9. The molecule has 0 saturated carbocycles. The smallest absolute Gasteiger partial charge is 0.224 e. The Labute approximate surface area is 186 Å². The van der Waals surface area contributed by atoms with E-state index in [2.05, 4.69) is 19.1 Å². The number of aliphatic hydroxyl groups excluding tert-OH is 1. The van der Waals surface area contributed by atoms with Crippen molar-refractivity contribution < 1.29 is 14.6 Å². The van der Waals surface area contributed by atoms with Gasteiger partial charge in [-0.15, -0.1) is 0 Å². The molecule has 1 fully saturated rings. The lowest BCUT2D eigenvalue weighted by Crippen LogP contribution is -2.29. The molecule has 4 heteroatoms. The Bertz CT molecular complexity index is 425. The summed E-state index contributed by atoms with van der Waals surface area (Å²) < 4.78 is 5.83. The Morgan fingerprint density at radius 3 is 2.17 bits per heavy atom. The Hall–Kier alpha value is -0.870. The second kappa shape index (κ2) is 20.1. The van der Waals surface area contributed by atoms with Crippen LogP contribution in [0.1, 0.15) is 110 Å². The summed E-state index contributed by atoms with van der Waals surface area (Å²) in [5.41, 5.74) is 0. The minimum Gasteiger partial charge on any atom is -0.396 e. The van der Waals surface area contributed by atoms with Gasteiger partial charge in [-0.05, 0) is 38.5 Å². The predicted molar refractivity (Wildman–Crippen MR) is 127 cm³/mol. The van der Waals surface area contributed by atoms with Crippen molar-refractivity contribution in [1.29, 1.82) is 0 Å². The molecule has 0 bridgehead atoms. The van der Waals surface area contributed by atoms with Crippen LogP contribution < -0.4 is 0 Å². The average molecular weight is 424 g/mol. The van der Waals surface area contributed by atoms with E-state index < -0.39 is 0 Å². The van der Waals surface area contributed by atoms with Gasteiger partial charge in [-0.25, -0.2) is 0 Å². The van der Waals surface area contributed by atoms with Crippen LogP contribution in [0, 0.1) is 5.92 Å². The lowest BCUT2D eigenvalue weighted by molar-refractivity contribution is -0.131. The summed E-state index contributed by atoms with van der Waals surface area (Å²) in [6, 6.07) is 0. The van der Waals surface area contributed by atoms with Gasteiger partial charge in [0.2, 0.25) is 5.91 Å².